The van der Waals surface area contributed by atoms with E-state index in [-0.39, 0.29) is 17.2 Å². The minimum Gasteiger partial charge on any atom is -0.502 e. The summed E-state index contributed by atoms with van der Waals surface area (Å²) in [6, 6.07) is 8.67. The van der Waals surface area contributed by atoms with Gasteiger partial charge in [-0.05, 0) is 49.2 Å². The normalized spacial score (nSPS) is 13.3. The van der Waals surface area contributed by atoms with Gasteiger partial charge in [-0.25, -0.2) is 0 Å². The van der Waals surface area contributed by atoms with Crippen molar-refractivity contribution in [1.29, 1.82) is 0 Å². The lowest BCUT2D eigenvalue weighted by Gasteiger charge is -2.23. The van der Waals surface area contributed by atoms with Crippen LogP contribution in [0.15, 0.2) is 36.4 Å². The first-order chi connectivity index (χ1) is 12.9. The number of aliphatic hydroxyl groups is 1. The number of allylic oxidation sites excluding steroid dienone is 1. The molecule has 2 aromatic rings. The predicted octanol–water partition coefficient (Wildman–Crippen LogP) is 3.95. The van der Waals surface area contributed by atoms with Crippen LogP contribution in [-0.2, 0) is 0 Å². The van der Waals surface area contributed by atoms with Crippen LogP contribution in [0.4, 0.5) is 0 Å². The molecule has 0 aliphatic rings. The third-order valence-electron chi connectivity index (χ3n) is 4.15. The lowest BCUT2D eigenvalue weighted by Crippen LogP contribution is -2.22. The number of aliphatic hydroxyl groups excluding tert-OH is 1. The van der Waals surface area contributed by atoms with Crippen LogP contribution in [0.1, 0.15) is 31.1 Å². The van der Waals surface area contributed by atoms with Crippen molar-refractivity contribution in [2.24, 2.45) is 0 Å². The molecule has 0 saturated heterocycles. The smallest absolute Gasteiger partial charge is 0.200 e. The van der Waals surface area contributed by atoms with Crippen molar-refractivity contribution in [3.8, 4) is 28.7 Å². The standard InChI is InChI=1S/C21H26O6/c1-6-7-14-8-9-16(17(10-14)24-3)27-13(2)20(22)15-11-18(25-4)21(23)19(12-15)26-5/h6-13,20,22-23H,1-5H3/t13-,20-/m0/s1. The van der Waals surface area contributed by atoms with Gasteiger partial charge >= 0.3 is 0 Å². The number of ether oxygens (including phenoxy) is 4. The van der Waals surface area contributed by atoms with E-state index in [1.165, 1.54) is 14.2 Å². The Balaban J connectivity index is 2.27. The van der Waals surface area contributed by atoms with Gasteiger partial charge in [0.05, 0.1) is 21.3 Å². The summed E-state index contributed by atoms with van der Waals surface area (Å²) in [5.41, 5.74) is 1.49. The Morgan fingerprint density at radius 1 is 0.889 bits per heavy atom. The average Bonchev–Trinajstić information content (AvgIpc) is 2.68. The Kier molecular flexibility index (Phi) is 6.96. The van der Waals surface area contributed by atoms with Gasteiger partial charge in [0.15, 0.2) is 23.0 Å². The number of methoxy groups -OCH3 is 3. The van der Waals surface area contributed by atoms with Crippen LogP contribution in [0.2, 0.25) is 0 Å². The van der Waals surface area contributed by atoms with Crippen molar-refractivity contribution < 1.29 is 29.2 Å². The van der Waals surface area contributed by atoms with Gasteiger partial charge in [0.1, 0.15) is 12.2 Å². The van der Waals surface area contributed by atoms with E-state index in [0.717, 1.165) is 5.56 Å². The molecule has 6 heteroatoms. The Morgan fingerprint density at radius 3 is 2.00 bits per heavy atom. The zero-order valence-corrected chi connectivity index (χ0v) is 16.2. The second kappa shape index (κ2) is 9.19. The average molecular weight is 374 g/mol. The molecule has 0 radical (unpaired) electrons. The number of aromatic hydroxyl groups is 1. The number of phenolic OH excluding ortho intramolecular Hbond substituents is 1. The van der Waals surface area contributed by atoms with Crippen LogP contribution in [0.3, 0.4) is 0 Å². The molecule has 0 aliphatic carbocycles. The Bertz CT molecular complexity index is 774. The van der Waals surface area contributed by atoms with E-state index in [1.54, 1.807) is 32.2 Å². The molecule has 0 heterocycles. The zero-order chi connectivity index (χ0) is 20.0. The minimum atomic E-state index is -0.978. The summed E-state index contributed by atoms with van der Waals surface area (Å²) in [4.78, 5) is 0. The fourth-order valence-corrected chi connectivity index (χ4v) is 2.70. The molecule has 6 nitrogen and oxygen atoms in total. The van der Waals surface area contributed by atoms with Crippen molar-refractivity contribution in [2.75, 3.05) is 21.3 Å². The summed E-state index contributed by atoms with van der Waals surface area (Å²) in [6.07, 6.45) is 2.33. The quantitative estimate of drug-likeness (QED) is 0.728. The minimum absolute atomic E-state index is 0.120. The van der Waals surface area contributed by atoms with E-state index in [9.17, 15) is 10.2 Å². The van der Waals surface area contributed by atoms with Crippen molar-refractivity contribution in [3.05, 3.63) is 47.5 Å². The van der Waals surface area contributed by atoms with Crippen LogP contribution in [0.25, 0.3) is 6.08 Å². The molecule has 0 spiro atoms. The van der Waals surface area contributed by atoms with Crippen LogP contribution in [0, 0.1) is 0 Å². The third kappa shape index (κ3) is 4.65. The molecule has 0 unspecified atom stereocenters. The van der Waals surface area contributed by atoms with Gasteiger partial charge in [-0.1, -0.05) is 18.2 Å². The molecular weight excluding hydrogens is 348 g/mol. The maximum absolute atomic E-state index is 10.7. The topological polar surface area (TPSA) is 77.4 Å². The molecule has 146 valence electrons. The molecule has 27 heavy (non-hydrogen) atoms. The van der Waals surface area contributed by atoms with Crippen LogP contribution in [0.5, 0.6) is 28.7 Å². The van der Waals surface area contributed by atoms with E-state index >= 15 is 0 Å². The van der Waals surface area contributed by atoms with Gasteiger partial charge in [-0.2, -0.15) is 0 Å². The highest BCUT2D eigenvalue weighted by Crippen LogP contribution is 2.40. The maximum atomic E-state index is 10.7. The second-order valence-corrected chi connectivity index (χ2v) is 5.95. The van der Waals surface area contributed by atoms with Crippen molar-refractivity contribution >= 4 is 6.08 Å². The maximum Gasteiger partial charge on any atom is 0.200 e. The zero-order valence-electron chi connectivity index (χ0n) is 16.2. The lowest BCUT2D eigenvalue weighted by atomic mass is 10.0. The van der Waals surface area contributed by atoms with Gasteiger partial charge in [0, 0.05) is 0 Å². The van der Waals surface area contributed by atoms with E-state index in [4.69, 9.17) is 18.9 Å². The van der Waals surface area contributed by atoms with Crippen LogP contribution >= 0.6 is 0 Å². The Morgan fingerprint density at radius 2 is 1.48 bits per heavy atom. The second-order valence-electron chi connectivity index (χ2n) is 5.95. The molecule has 2 N–H and O–H groups in total. The summed E-state index contributed by atoms with van der Waals surface area (Å²) in [5.74, 6) is 1.40. The predicted molar refractivity (Wildman–Crippen MR) is 104 cm³/mol. The first-order valence-corrected chi connectivity index (χ1v) is 8.55. The number of hydrogen-bond acceptors (Lipinski definition) is 6. The molecule has 0 aromatic heterocycles. The van der Waals surface area contributed by atoms with E-state index in [2.05, 4.69) is 0 Å². The van der Waals surface area contributed by atoms with Crippen LogP contribution < -0.4 is 18.9 Å². The largest absolute Gasteiger partial charge is 0.502 e. The first-order valence-electron chi connectivity index (χ1n) is 8.55. The summed E-state index contributed by atoms with van der Waals surface area (Å²) >= 11 is 0. The molecule has 2 atom stereocenters. The molecular formula is C21H26O6. The van der Waals surface area contributed by atoms with Crippen molar-refractivity contribution in [3.63, 3.8) is 0 Å². The lowest BCUT2D eigenvalue weighted by molar-refractivity contribution is 0.0448. The Hall–Kier alpha value is -2.86. The first kappa shape index (κ1) is 20.5. The number of rotatable bonds is 8. The SMILES string of the molecule is CC=Cc1ccc(O[C@@H](C)[C@H](O)c2cc(OC)c(O)c(OC)c2)c(OC)c1. The fourth-order valence-electron chi connectivity index (χ4n) is 2.70. The highest BCUT2D eigenvalue weighted by Gasteiger charge is 2.23. The van der Waals surface area contributed by atoms with E-state index < -0.39 is 12.2 Å². The molecule has 2 aromatic carbocycles. The monoisotopic (exact) mass is 374 g/mol. The van der Waals surface area contributed by atoms with Crippen molar-refractivity contribution in [2.45, 2.75) is 26.1 Å². The van der Waals surface area contributed by atoms with Gasteiger partial charge in [-0.3, -0.25) is 0 Å². The highest BCUT2D eigenvalue weighted by atomic mass is 16.5. The number of hydrogen-bond donors (Lipinski definition) is 2. The third-order valence-corrected chi connectivity index (χ3v) is 4.15. The van der Waals surface area contributed by atoms with Gasteiger partial charge in [-0.15, -0.1) is 0 Å². The summed E-state index contributed by atoms with van der Waals surface area (Å²) in [5, 5.41) is 20.7. The molecule has 2 rings (SSSR count). The summed E-state index contributed by atoms with van der Waals surface area (Å²) in [7, 11) is 4.43. The molecule has 0 aliphatic heterocycles. The van der Waals surface area contributed by atoms with Gasteiger partial charge < -0.3 is 29.2 Å². The van der Waals surface area contributed by atoms with Gasteiger partial charge in [0.2, 0.25) is 5.75 Å². The highest BCUT2D eigenvalue weighted by molar-refractivity contribution is 5.56. The fraction of sp³-hybridized carbons (Fsp3) is 0.333. The van der Waals surface area contributed by atoms with Gasteiger partial charge in [0.25, 0.3) is 0 Å². The van der Waals surface area contributed by atoms with E-state index in [0.29, 0.717) is 17.1 Å². The molecule has 0 saturated carbocycles. The Labute approximate surface area is 159 Å². The van der Waals surface area contributed by atoms with Crippen molar-refractivity contribution in [1.82, 2.24) is 0 Å². The summed E-state index contributed by atoms with van der Waals surface area (Å²) in [6.45, 7) is 3.69. The molecule has 0 fully saturated rings. The van der Waals surface area contributed by atoms with Crippen LogP contribution in [-0.4, -0.2) is 37.6 Å². The summed E-state index contributed by atoms with van der Waals surface area (Å²) < 4.78 is 21.6. The molecule has 0 amide bonds. The number of benzene rings is 2. The molecule has 0 bridgehead atoms. The van der Waals surface area contributed by atoms with E-state index in [1.807, 2.05) is 31.2 Å². The number of phenols is 1.